The zero-order valence-corrected chi connectivity index (χ0v) is 23.3. The number of halogens is 1. The summed E-state index contributed by atoms with van der Waals surface area (Å²) in [4.78, 5) is 30.5. The summed E-state index contributed by atoms with van der Waals surface area (Å²) in [6.45, 7) is 6.97. The van der Waals surface area contributed by atoms with Crippen LogP contribution < -0.4 is 15.4 Å². The summed E-state index contributed by atoms with van der Waals surface area (Å²) in [7, 11) is 0. The van der Waals surface area contributed by atoms with E-state index in [1.165, 1.54) is 6.07 Å². The van der Waals surface area contributed by atoms with Gasteiger partial charge in [-0.2, -0.15) is 9.97 Å². The van der Waals surface area contributed by atoms with E-state index >= 15 is 4.39 Å². The number of piperazine rings is 1. The van der Waals surface area contributed by atoms with Crippen LogP contribution in [0.4, 0.5) is 15.0 Å². The number of carbonyl (C=O) groups is 1. The summed E-state index contributed by atoms with van der Waals surface area (Å²) < 4.78 is 27.7. The molecular formula is C30H33FN6O4. The molecule has 2 saturated heterocycles. The van der Waals surface area contributed by atoms with Gasteiger partial charge in [-0.05, 0) is 56.5 Å². The second kappa shape index (κ2) is 10.3. The smallest absolute Gasteiger partial charge is 0.410 e. The molecule has 0 saturated carbocycles. The lowest BCUT2D eigenvalue weighted by molar-refractivity contribution is 0.0123. The molecular weight excluding hydrogens is 527 g/mol. The van der Waals surface area contributed by atoms with Gasteiger partial charge in [0, 0.05) is 31.4 Å². The van der Waals surface area contributed by atoms with Crippen molar-refractivity contribution in [1.82, 2.24) is 19.9 Å². The van der Waals surface area contributed by atoms with Crippen LogP contribution in [-0.4, -0.2) is 75.0 Å². The predicted octanol–water partition coefficient (Wildman–Crippen LogP) is 4.62. The van der Waals surface area contributed by atoms with E-state index in [4.69, 9.17) is 15.2 Å². The number of pyridine rings is 1. The van der Waals surface area contributed by atoms with Crippen LogP contribution in [0.2, 0.25) is 0 Å². The Morgan fingerprint density at radius 3 is 2.56 bits per heavy atom. The highest BCUT2D eigenvalue weighted by Gasteiger charge is 2.45. The van der Waals surface area contributed by atoms with E-state index in [2.05, 4.69) is 15.0 Å². The van der Waals surface area contributed by atoms with Crippen LogP contribution >= 0.6 is 0 Å². The average Bonchev–Trinajstić information content (AvgIpc) is 3.20. The Bertz CT molecular complexity index is 1630. The molecule has 6 rings (SSSR count). The number of hydrogen-bond acceptors (Lipinski definition) is 9. The molecule has 2 aliphatic heterocycles. The first kappa shape index (κ1) is 26.9. The minimum Gasteiger partial charge on any atom is -0.508 e. The van der Waals surface area contributed by atoms with E-state index in [1.807, 2.05) is 54.8 Å². The molecule has 0 aliphatic carbocycles. The van der Waals surface area contributed by atoms with Crippen LogP contribution in [0.15, 0.2) is 42.6 Å². The van der Waals surface area contributed by atoms with Crippen LogP contribution in [0, 0.1) is 5.82 Å². The number of amides is 1. The number of ether oxygens (including phenoxy) is 2. The number of hydrogen-bond donors (Lipinski definition) is 2. The highest BCUT2D eigenvalue weighted by molar-refractivity contribution is 6.00. The van der Waals surface area contributed by atoms with Crippen molar-refractivity contribution < 1.29 is 23.8 Å². The van der Waals surface area contributed by atoms with Crippen LogP contribution in [0.1, 0.15) is 33.6 Å². The van der Waals surface area contributed by atoms with Gasteiger partial charge in [0.2, 0.25) is 0 Å². The first-order valence-corrected chi connectivity index (χ1v) is 13.8. The number of fused-ring (bicyclic) bond motifs is 4. The van der Waals surface area contributed by atoms with Gasteiger partial charge in [-0.3, -0.25) is 9.88 Å². The van der Waals surface area contributed by atoms with Crippen molar-refractivity contribution >= 4 is 33.6 Å². The summed E-state index contributed by atoms with van der Waals surface area (Å²) in [5, 5.41) is 12.3. The molecule has 0 radical (unpaired) electrons. The average molecular weight is 561 g/mol. The van der Waals surface area contributed by atoms with Gasteiger partial charge in [0.25, 0.3) is 0 Å². The molecule has 2 fully saturated rings. The maximum Gasteiger partial charge on any atom is 0.410 e. The predicted molar refractivity (Wildman–Crippen MR) is 154 cm³/mol. The largest absolute Gasteiger partial charge is 0.508 e. The lowest BCUT2D eigenvalue weighted by atomic mass is 10.00. The molecule has 41 heavy (non-hydrogen) atoms. The van der Waals surface area contributed by atoms with E-state index in [0.29, 0.717) is 29.9 Å². The number of anilines is 1. The summed E-state index contributed by atoms with van der Waals surface area (Å²) in [5.74, 6) is -0.148. The van der Waals surface area contributed by atoms with Gasteiger partial charge in [-0.1, -0.05) is 24.3 Å². The Kier molecular flexibility index (Phi) is 6.77. The van der Waals surface area contributed by atoms with E-state index < -0.39 is 11.4 Å². The fraction of sp³-hybridized carbons (Fsp3) is 0.400. The lowest BCUT2D eigenvalue weighted by Crippen LogP contribution is -2.57. The van der Waals surface area contributed by atoms with Gasteiger partial charge in [0.1, 0.15) is 35.0 Å². The molecule has 2 aromatic carbocycles. The molecule has 0 unspecified atom stereocenters. The third-order valence-electron chi connectivity index (χ3n) is 7.48. The number of carbonyl (C=O) groups excluding carboxylic acids is 1. The zero-order chi connectivity index (χ0) is 28.9. The molecule has 2 aliphatic rings. The number of nitrogens with zero attached hydrogens (tertiary/aromatic N) is 5. The number of aromatic hydroxyl groups is 1. The normalized spacial score (nSPS) is 18.8. The third-order valence-corrected chi connectivity index (χ3v) is 7.48. The monoisotopic (exact) mass is 560 g/mol. The fourth-order valence-corrected chi connectivity index (χ4v) is 5.84. The number of aromatic nitrogens is 3. The van der Waals surface area contributed by atoms with E-state index in [-0.39, 0.29) is 54.3 Å². The van der Waals surface area contributed by atoms with Crippen molar-refractivity contribution in [3.05, 3.63) is 48.4 Å². The second-order valence-corrected chi connectivity index (χ2v) is 11.5. The third kappa shape index (κ3) is 5.06. The molecule has 3 N–H and O–H groups in total. The standard InChI is InChI=1S/C30H33FN6O4/c1-30(2,3)41-29(39)37-18-8-9-19(37)16-36(15-18)27-23-14-33-25(24(31)26(23)34-28(35-27)40-11-10-32)22-13-20(38)12-17-6-4-5-7-21(17)22/h4-7,12-14,18-19,38H,8-11,15-16,32H2,1-3H3/t18-,19+. The molecule has 4 aromatic rings. The van der Waals surface area contributed by atoms with E-state index in [0.717, 1.165) is 23.6 Å². The van der Waals surface area contributed by atoms with Crippen LogP contribution in [0.5, 0.6) is 11.8 Å². The number of phenolic OH excluding ortho intramolecular Hbond substituents is 1. The Labute approximate surface area is 236 Å². The van der Waals surface area contributed by atoms with Crippen molar-refractivity contribution in [3.8, 4) is 23.0 Å². The van der Waals surface area contributed by atoms with Gasteiger partial charge in [0.05, 0.1) is 17.5 Å². The Hall–Kier alpha value is -4.25. The quantitative estimate of drug-likeness (QED) is 0.360. The van der Waals surface area contributed by atoms with Gasteiger partial charge >= 0.3 is 12.1 Å². The number of rotatable bonds is 5. The first-order chi connectivity index (χ1) is 19.6. The molecule has 11 heteroatoms. The Balaban J connectivity index is 1.42. The van der Waals surface area contributed by atoms with Crippen molar-refractivity contribution in [3.63, 3.8) is 0 Å². The van der Waals surface area contributed by atoms with Gasteiger partial charge in [-0.25, -0.2) is 9.18 Å². The molecule has 4 heterocycles. The highest BCUT2D eigenvalue weighted by Crippen LogP contribution is 2.39. The van der Waals surface area contributed by atoms with Crippen molar-refractivity contribution in [2.24, 2.45) is 5.73 Å². The molecule has 1 amide bonds. The molecule has 2 bridgehead atoms. The topological polar surface area (TPSA) is 127 Å². The summed E-state index contributed by atoms with van der Waals surface area (Å²) in [6, 6.07) is 10.4. The number of phenols is 1. The molecule has 0 spiro atoms. The van der Waals surface area contributed by atoms with Crippen LogP contribution in [0.25, 0.3) is 32.9 Å². The molecule has 214 valence electrons. The van der Waals surface area contributed by atoms with E-state index in [1.54, 1.807) is 12.3 Å². The SMILES string of the molecule is CC(C)(C)OC(=O)N1[C@@H]2CC[C@H]1CN(c1nc(OCCN)nc3c(F)c(-c4cc(O)cc5ccccc45)ncc13)C2. The minimum atomic E-state index is -0.644. The van der Waals surface area contributed by atoms with Gasteiger partial charge in [-0.15, -0.1) is 0 Å². The second-order valence-electron chi connectivity index (χ2n) is 11.5. The number of nitrogens with two attached hydrogens (primary N) is 1. The maximum atomic E-state index is 16.4. The van der Waals surface area contributed by atoms with Crippen molar-refractivity contribution in [2.45, 2.75) is 51.3 Å². The van der Waals surface area contributed by atoms with Crippen molar-refractivity contribution in [2.75, 3.05) is 31.1 Å². The van der Waals surface area contributed by atoms with Crippen LogP contribution in [-0.2, 0) is 4.74 Å². The zero-order valence-electron chi connectivity index (χ0n) is 23.3. The fourth-order valence-electron chi connectivity index (χ4n) is 5.84. The molecule has 10 nitrogen and oxygen atoms in total. The van der Waals surface area contributed by atoms with E-state index in [9.17, 15) is 9.90 Å². The molecule has 2 atom stereocenters. The molecule has 2 aromatic heterocycles. The summed E-state index contributed by atoms with van der Waals surface area (Å²) in [5.41, 5.74) is 5.63. The van der Waals surface area contributed by atoms with Crippen LogP contribution in [0.3, 0.4) is 0 Å². The van der Waals surface area contributed by atoms with Gasteiger partial charge < -0.3 is 25.2 Å². The van der Waals surface area contributed by atoms with Gasteiger partial charge in [0.15, 0.2) is 5.82 Å². The maximum absolute atomic E-state index is 16.4. The highest BCUT2D eigenvalue weighted by atomic mass is 19.1. The summed E-state index contributed by atoms with van der Waals surface area (Å²) >= 11 is 0. The van der Waals surface area contributed by atoms with Crippen molar-refractivity contribution in [1.29, 1.82) is 0 Å². The Morgan fingerprint density at radius 1 is 1.12 bits per heavy atom. The minimum absolute atomic E-state index is 0.00803. The Morgan fingerprint density at radius 2 is 1.85 bits per heavy atom. The summed E-state index contributed by atoms with van der Waals surface area (Å²) in [6.07, 6.45) is 2.92. The lowest BCUT2D eigenvalue weighted by Gasteiger charge is -2.42. The first-order valence-electron chi connectivity index (χ1n) is 13.8. The number of benzene rings is 2.